The molecule has 124 valence electrons. The second-order valence-corrected chi connectivity index (χ2v) is 5.11. The zero-order chi connectivity index (χ0) is 17.4. The van der Waals surface area contributed by atoms with Crippen LogP contribution in [-0.2, 0) is 9.59 Å². The molecule has 0 saturated heterocycles. The van der Waals surface area contributed by atoms with Crippen LogP contribution in [0.4, 0.5) is 0 Å². The maximum absolute atomic E-state index is 12.0. The van der Waals surface area contributed by atoms with E-state index < -0.39 is 18.0 Å². The number of carbonyl (C=O) groups excluding carboxylic acids is 1. The van der Waals surface area contributed by atoms with Crippen molar-refractivity contribution in [1.82, 2.24) is 5.43 Å². The van der Waals surface area contributed by atoms with Crippen LogP contribution in [0.2, 0.25) is 0 Å². The summed E-state index contributed by atoms with van der Waals surface area (Å²) in [5.41, 5.74) is 3.92. The van der Waals surface area contributed by atoms with Crippen molar-refractivity contribution in [3.63, 3.8) is 0 Å². The number of carboxylic acids is 1. The van der Waals surface area contributed by atoms with Gasteiger partial charge in [0.2, 0.25) is 0 Å². The van der Waals surface area contributed by atoms with Gasteiger partial charge in [-0.15, -0.1) is 0 Å². The predicted molar refractivity (Wildman–Crippen MR) is 89.4 cm³/mol. The van der Waals surface area contributed by atoms with Crippen LogP contribution in [-0.4, -0.2) is 27.8 Å². The smallest absolute Gasteiger partial charge is 0.303 e. The fourth-order valence-corrected chi connectivity index (χ4v) is 2.09. The van der Waals surface area contributed by atoms with Gasteiger partial charge in [0.25, 0.3) is 5.91 Å². The Kier molecular flexibility index (Phi) is 6.22. The Hall–Kier alpha value is -2.99. The molecule has 0 heterocycles. The van der Waals surface area contributed by atoms with Gasteiger partial charge in [-0.2, -0.15) is 5.10 Å². The lowest BCUT2D eigenvalue weighted by Crippen LogP contribution is -2.26. The maximum Gasteiger partial charge on any atom is 0.303 e. The molecule has 3 N–H and O–H groups in total. The zero-order valence-corrected chi connectivity index (χ0v) is 12.9. The Morgan fingerprint density at radius 2 is 1.54 bits per heavy atom. The Morgan fingerprint density at radius 1 is 0.958 bits per heavy atom. The molecule has 1 atom stereocenters. The fraction of sp³-hybridized carbons (Fsp3) is 0.167. The van der Waals surface area contributed by atoms with E-state index in [1.165, 1.54) is 0 Å². The Balaban J connectivity index is 2.11. The molecule has 0 fully saturated rings. The molecule has 2 aromatic rings. The quantitative estimate of drug-likeness (QED) is 0.536. The summed E-state index contributed by atoms with van der Waals surface area (Å²) in [6.07, 6.45) is -1.28. The van der Waals surface area contributed by atoms with Gasteiger partial charge in [-0.3, -0.25) is 9.59 Å². The van der Waals surface area contributed by atoms with Crippen molar-refractivity contribution in [3.05, 3.63) is 71.8 Å². The number of hydrogen-bond acceptors (Lipinski definition) is 4. The number of aliphatic carboxylic acids is 1. The third kappa shape index (κ3) is 5.03. The molecule has 0 spiro atoms. The highest BCUT2D eigenvalue weighted by Crippen LogP contribution is 2.12. The van der Waals surface area contributed by atoms with Crippen molar-refractivity contribution in [1.29, 1.82) is 0 Å². The number of aliphatic hydroxyl groups is 1. The molecular weight excluding hydrogens is 308 g/mol. The largest absolute Gasteiger partial charge is 0.481 e. The molecule has 0 saturated carbocycles. The number of nitrogens with zero attached hydrogens (tertiary/aromatic N) is 1. The van der Waals surface area contributed by atoms with Crippen LogP contribution >= 0.6 is 0 Å². The summed E-state index contributed by atoms with van der Waals surface area (Å²) in [7, 11) is 0. The monoisotopic (exact) mass is 326 g/mol. The standard InChI is InChI=1S/C18H18N2O4/c21-16(22)12-11-15(13-7-3-1-4-8-13)19-20-18(24)17(23)14-9-5-2-6-10-14/h1-10,17,23H,11-12H2,(H,20,24)(H,21,22)/b19-15+. The average molecular weight is 326 g/mol. The molecule has 0 aliphatic carbocycles. The van der Waals surface area contributed by atoms with Gasteiger partial charge in [-0.05, 0) is 11.1 Å². The van der Waals surface area contributed by atoms with E-state index in [-0.39, 0.29) is 12.8 Å². The maximum atomic E-state index is 12.0. The van der Waals surface area contributed by atoms with E-state index in [2.05, 4.69) is 10.5 Å². The van der Waals surface area contributed by atoms with Gasteiger partial charge >= 0.3 is 5.97 Å². The highest BCUT2D eigenvalue weighted by Gasteiger charge is 2.17. The number of amides is 1. The number of rotatable bonds is 7. The SMILES string of the molecule is O=C(O)CC/C(=N\NC(=O)C(O)c1ccccc1)c1ccccc1. The van der Waals surface area contributed by atoms with Gasteiger partial charge in [0.15, 0.2) is 6.10 Å². The summed E-state index contributed by atoms with van der Waals surface area (Å²) in [6, 6.07) is 17.5. The van der Waals surface area contributed by atoms with Crippen molar-refractivity contribution in [2.45, 2.75) is 18.9 Å². The molecule has 0 aromatic heterocycles. The molecule has 0 bridgehead atoms. The number of hydrogen-bond donors (Lipinski definition) is 3. The van der Waals surface area contributed by atoms with Gasteiger partial charge in [0.05, 0.1) is 12.1 Å². The van der Waals surface area contributed by atoms with Gasteiger partial charge in [0, 0.05) is 6.42 Å². The van der Waals surface area contributed by atoms with Gasteiger partial charge in [-0.25, -0.2) is 5.43 Å². The highest BCUT2D eigenvalue weighted by atomic mass is 16.4. The molecule has 0 radical (unpaired) electrons. The second-order valence-electron chi connectivity index (χ2n) is 5.11. The van der Waals surface area contributed by atoms with E-state index in [1.807, 2.05) is 6.07 Å². The summed E-state index contributed by atoms with van der Waals surface area (Å²) in [5, 5.41) is 22.9. The summed E-state index contributed by atoms with van der Waals surface area (Å²) < 4.78 is 0. The summed E-state index contributed by atoms with van der Waals surface area (Å²) >= 11 is 0. The topological polar surface area (TPSA) is 99.0 Å². The van der Waals surface area contributed by atoms with Crippen LogP contribution in [0.1, 0.15) is 30.1 Å². The van der Waals surface area contributed by atoms with E-state index in [0.717, 1.165) is 0 Å². The van der Waals surface area contributed by atoms with Crippen molar-refractivity contribution >= 4 is 17.6 Å². The number of benzene rings is 2. The lowest BCUT2D eigenvalue weighted by molar-refractivity contribution is -0.136. The first-order valence-corrected chi connectivity index (χ1v) is 7.44. The molecule has 24 heavy (non-hydrogen) atoms. The second kappa shape index (κ2) is 8.59. The summed E-state index contributed by atoms with van der Waals surface area (Å²) in [4.78, 5) is 22.8. The van der Waals surface area contributed by atoms with Crippen molar-refractivity contribution in [2.24, 2.45) is 5.10 Å². The molecule has 1 amide bonds. The van der Waals surface area contributed by atoms with Crippen LogP contribution < -0.4 is 5.43 Å². The molecule has 2 aromatic carbocycles. The number of aliphatic hydroxyl groups excluding tert-OH is 1. The van der Waals surface area contributed by atoms with Gasteiger partial charge in [-0.1, -0.05) is 60.7 Å². The Labute approximate surface area is 139 Å². The molecule has 6 nitrogen and oxygen atoms in total. The van der Waals surface area contributed by atoms with E-state index in [1.54, 1.807) is 54.6 Å². The number of hydrazone groups is 1. The number of carboxylic acid groups (broad SMARTS) is 1. The summed E-state index contributed by atoms with van der Waals surface area (Å²) in [5.74, 6) is -1.63. The first-order valence-electron chi connectivity index (χ1n) is 7.44. The minimum absolute atomic E-state index is 0.106. The number of carbonyl (C=O) groups is 2. The number of nitrogens with one attached hydrogen (secondary N) is 1. The van der Waals surface area contributed by atoms with Crippen LogP contribution in [0.15, 0.2) is 65.8 Å². The zero-order valence-electron chi connectivity index (χ0n) is 12.9. The summed E-state index contributed by atoms with van der Waals surface area (Å²) in [6.45, 7) is 0. The molecule has 6 heteroatoms. The van der Waals surface area contributed by atoms with Crippen LogP contribution in [0.25, 0.3) is 0 Å². The molecule has 2 rings (SSSR count). The molecule has 1 unspecified atom stereocenters. The minimum atomic E-state index is -1.34. The predicted octanol–water partition coefficient (Wildman–Crippen LogP) is 2.11. The first-order chi connectivity index (χ1) is 11.6. The van der Waals surface area contributed by atoms with E-state index in [4.69, 9.17) is 5.11 Å². The van der Waals surface area contributed by atoms with Crippen LogP contribution in [0.3, 0.4) is 0 Å². The Bertz CT molecular complexity index is 714. The lowest BCUT2D eigenvalue weighted by Gasteiger charge is -2.10. The normalized spacial score (nSPS) is 12.5. The molecule has 0 aliphatic rings. The molecule has 0 aliphatic heterocycles. The third-order valence-electron chi connectivity index (χ3n) is 3.35. The van der Waals surface area contributed by atoms with Gasteiger partial charge in [0.1, 0.15) is 0 Å². The van der Waals surface area contributed by atoms with Crippen molar-refractivity contribution in [3.8, 4) is 0 Å². The lowest BCUT2D eigenvalue weighted by atomic mass is 10.1. The van der Waals surface area contributed by atoms with E-state index in [9.17, 15) is 14.7 Å². The molecular formula is C18H18N2O4. The van der Waals surface area contributed by atoms with Crippen molar-refractivity contribution < 1.29 is 19.8 Å². The average Bonchev–Trinajstić information content (AvgIpc) is 2.62. The van der Waals surface area contributed by atoms with Crippen LogP contribution in [0, 0.1) is 0 Å². The van der Waals surface area contributed by atoms with Crippen LogP contribution in [0.5, 0.6) is 0 Å². The fourth-order valence-electron chi connectivity index (χ4n) is 2.09. The minimum Gasteiger partial charge on any atom is -0.481 e. The van der Waals surface area contributed by atoms with E-state index >= 15 is 0 Å². The van der Waals surface area contributed by atoms with Gasteiger partial charge < -0.3 is 10.2 Å². The van der Waals surface area contributed by atoms with E-state index in [0.29, 0.717) is 16.8 Å². The van der Waals surface area contributed by atoms with Crippen molar-refractivity contribution in [2.75, 3.05) is 0 Å². The highest BCUT2D eigenvalue weighted by molar-refractivity contribution is 6.02. The third-order valence-corrected chi connectivity index (χ3v) is 3.35. The Morgan fingerprint density at radius 3 is 2.12 bits per heavy atom. The first kappa shape index (κ1) is 17.4.